The Hall–Kier alpha value is -2.57. The zero-order chi connectivity index (χ0) is 12.4. The van der Waals surface area contributed by atoms with Crippen LogP contribution in [-0.2, 0) is 0 Å². The smallest absolute Gasteiger partial charge is 0.429 e. The summed E-state index contributed by atoms with van der Waals surface area (Å²) in [6.45, 7) is 0. The van der Waals surface area contributed by atoms with Crippen molar-refractivity contribution in [2.24, 2.45) is 5.73 Å². The van der Waals surface area contributed by atoms with Gasteiger partial charge in [0.25, 0.3) is 5.56 Å². The molecule has 0 unspecified atom stereocenters. The second kappa shape index (κ2) is 4.12. The summed E-state index contributed by atoms with van der Waals surface area (Å²) in [6, 6.07) is 6.46. The number of hydrogen-bond donors (Lipinski definition) is 1. The SMILES string of the molecule is COc1nc2ccccc2c(=O)n1OC(N)=O. The molecular formula is C10H9N3O4. The van der Waals surface area contributed by atoms with E-state index in [0.717, 1.165) is 0 Å². The molecule has 1 amide bonds. The van der Waals surface area contributed by atoms with Crippen LogP contribution in [0.25, 0.3) is 10.9 Å². The highest BCUT2D eigenvalue weighted by Crippen LogP contribution is 2.11. The van der Waals surface area contributed by atoms with E-state index in [-0.39, 0.29) is 6.01 Å². The van der Waals surface area contributed by atoms with Gasteiger partial charge >= 0.3 is 12.1 Å². The fourth-order valence-corrected chi connectivity index (χ4v) is 1.40. The van der Waals surface area contributed by atoms with Gasteiger partial charge in [-0.2, -0.15) is 4.98 Å². The van der Waals surface area contributed by atoms with Crippen molar-refractivity contribution in [1.29, 1.82) is 0 Å². The standard InChI is InChI=1S/C10H9N3O4/c1-16-10-12-7-5-3-2-4-6(7)8(14)13(10)17-9(11)15/h2-5H,1H3,(H2,11,15). The Labute approximate surface area is 95.3 Å². The van der Waals surface area contributed by atoms with E-state index in [9.17, 15) is 9.59 Å². The van der Waals surface area contributed by atoms with E-state index in [1.165, 1.54) is 7.11 Å². The van der Waals surface area contributed by atoms with Gasteiger partial charge in [0.15, 0.2) is 0 Å². The number of carbonyl (C=O) groups excluding carboxylic acids is 1. The highest BCUT2D eigenvalue weighted by molar-refractivity contribution is 5.77. The Morgan fingerprint density at radius 1 is 1.41 bits per heavy atom. The number of fused-ring (bicyclic) bond motifs is 1. The number of carbonyl (C=O) groups is 1. The molecule has 0 aliphatic rings. The summed E-state index contributed by atoms with van der Waals surface area (Å²) >= 11 is 0. The molecule has 7 nitrogen and oxygen atoms in total. The number of aromatic nitrogens is 2. The summed E-state index contributed by atoms with van der Waals surface area (Å²) in [6.07, 6.45) is -1.12. The first kappa shape index (κ1) is 10.9. The maximum atomic E-state index is 12.0. The number of amides is 1. The Morgan fingerprint density at radius 2 is 2.12 bits per heavy atom. The van der Waals surface area contributed by atoms with E-state index >= 15 is 0 Å². The van der Waals surface area contributed by atoms with Gasteiger partial charge in [-0.1, -0.05) is 16.9 Å². The van der Waals surface area contributed by atoms with Crippen molar-refractivity contribution in [2.75, 3.05) is 7.11 Å². The van der Waals surface area contributed by atoms with Crippen LogP contribution in [0.15, 0.2) is 29.1 Å². The maximum Gasteiger partial charge on any atom is 0.429 e. The second-order valence-corrected chi connectivity index (χ2v) is 3.13. The lowest BCUT2D eigenvalue weighted by Crippen LogP contribution is -2.35. The van der Waals surface area contributed by atoms with Crippen LogP contribution in [0, 0.1) is 0 Å². The molecular weight excluding hydrogens is 226 g/mol. The number of benzene rings is 1. The van der Waals surface area contributed by atoms with E-state index in [1.807, 2.05) is 0 Å². The maximum absolute atomic E-state index is 12.0. The molecule has 0 saturated carbocycles. The molecule has 0 aliphatic heterocycles. The van der Waals surface area contributed by atoms with Crippen molar-refractivity contribution in [3.05, 3.63) is 34.6 Å². The predicted octanol–water partition coefficient (Wildman–Crippen LogP) is -0.0876. The average molecular weight is 235 g/mol. The number of nitrogens with zero attached hydrogens (tertiary/aromatic N) is 2. The van der Waals surface area contributed by atoms with Crippen molar-refractivity contribution in [3.63, 3.8) is 0 Å². The van der Waals surface area contributed by atoms with E-state index < -0.39 is 11.7 Å². The number of methoxy groups -OCH3 is 1. The van der Waals surface area contributed by atoms with Crippen molar-refractivity contribution in [3.8, 4) is 6.01 Å². The van der Waals surface area contributed by atoms with Gasteiger partial charge in [-0.15, -0.1) is 0 Å². The quantitative estimate of drug-likeness (QED) is 0.784. The van der Waals surface area contributed by atoms with E-state index in [0.29, 0.717) is 15.6 Å². The Kier molecular flexibility index (Phi) is 2.65. The summed E-state index contributed by atoms with van der Waals surface area (Å²) in [7, 11) is 1.30. The molecule has 0 aliphatic carbocycles. The molecule has 2 N–H and O–H groups in total. The first-order chi connectivity index (χ1) is 8.13. The first-order valence-corrected chi connectivity index (χ1v) is 4.67. The lowest BCUT2D eigenvalue weighted by atomic mass is 10.2. The molecule has 0 fully saturated rings. The number of rotatable bonds is 2. The number of primary amides is 1. The Morgan fingerprint density at radius 3 is 2.76 bits per heavy atom. The second-order valence-electron chi connectivity index (χ2n) is 3.13. The lowest BCUT2D eigenvalue weighted by molar-refractivity contribution is 0.120. The number of para-hydroxylation sites is 1. The predicted molar refractivity (Wildman–Crippen MR) is 58.7 cm³/mol. The Balaban J connectivity index is 2.76. The van der Waals surface area contributed by atoms with Crippen molar-refractivity contribution in [1.82, 2.24) is 9.71 Å². The summed E-state index contributed by atoms with van der Waals surface area (Å²) in [5.74, 6) is 0. The van der Waals surface area contributed by atoms with E-state index in [4.69, 9.17) is 10.5 Å². The third-order valence-corrected chi connectivity index (χ3v) is 2.07. The lowest BCUT2D eigenvalue weighted by Gasteiger charge is -2.09. The minimum atomic E-state index is -1.12. The summed E-state index contributed by atoms with van der Waals surface area (Å²) < 4.78 is 5.47. The van der Waals surface area contributed by atoms with Crippen molar-refractivity contribution in [2.45, 2.75) is 0 Å². The van der Waals surface area contributed by atoms with Gasteiger partial charge in [-0.25, -0.2) is 4.79 Å². The molecule has 7 heteroatoms. The van der Waals surface area contributed by atoms with Crippen LogP contribution >= 0.6 is 0 Å². The van der Waals surface area contributed by atoms with Gasteiger partial charge in [0, 0.05) is 0 Å². The third-order valence-electron chi connectivity index (χ3n) is 2.07. The molecule has 2 aromatic rings. The van der Waals surface area contributed by atoms with Gasteiger partial charge in [-0.3, -0.25) is 4.79 Å². The van der Waals surface area contributed by atoms with Crippen molar-refractivity contribution >= 4 is 17.0 Å². The largest absolute Gasteiger partial charge is 0.466 e. The highest BCUT2D eigenvalue weighted by Gasteiger charge is 2.13. The summed E-state index contributed by atoms with van der Waals surface area (Å²) in [5, 5.41) is 0.301. The van der Waals surface area contributed by atoms with Crippen molar-refractivity contribution < 1.29 is 14.4 Å². The molecule has 1 heterocycles. The number of ether oxygens (including phenoxy) is 1. The zero-order valence-corrected chi connectivity index (χ0v) is 8.91. The van der Waals surface area contributed by atoms with Crippen LogP contribution < -0.4 is 20.9 Å². The Bertz CT molecular complexity index is 635. The molecule has 1 aromatic heterocycles. The molecule has 0 atom stereocenters. The van der Waals surface area contributed by atoms with Crippen LogP contribution in [-0.4, -0.2) is 22.9 Å². The molecule has 0 spiro atoms. The molecule has 0 bridgehead atoms. The van der Waals surface area contributed by atoms with Crippen LogP contribution in [0.1, 0.15) is 0 Å². The fraction of sp³-hybridized carbons (Fsp3) is 0.100. The van der Waals surface area contributed by atoms with E-state index in [2.05, 4.69) is 9.82 Å². The monoisotopic (exact) mass is 235 g/mol. The minimum Gasteiger partial charge on any atom is -0.466 e. The van der Waals surface area contributed by atoms with Gasteiger partial charge in [0.2, 0.25) is 0 Å². The third kappa shape index (κ3) is 1.89. The fourth-order valence-electron chi connectivity index (χ4n) is 1.40. The van der Waals surface area contributed by atoms with Crippen LogP contribution in [0.2, 0.25) is 0 Å². The molecule has 1 aromatic carbocycles. The van der Waals surface area contributed by atoms with Gasteiger partial charge in [-0.05, 0) is 12.1 Å². The normalized spacial score (nSPS) is 10.2. The first-order valence-electron chi connectivity index (χ1n) is 4.67. The molecule has 0 radical (unpaired) electrons. The van der Waals surface area contributed by atoms with Crippen LogP contribution in [0.3, 0.4) is 0 Å². The molecule has 88 valence electrons. The van der Waals surface area contributed by atoms with Gasteiger partial charge in [0.1, 0.15) is 0 Å². The summed E-state index contributed by atoms with van der Waals surface area (Å²) in [4.78, 5) is 31.2. The molecule has 2 rings (SSSR count). The van der Waals surface area contributed by atoms with Gasteiger partial charge < -0.3 is 15.3 Å². The molecule has 17 heavy (non-hydrogen) atoms. The summed E-state index contributed by atoms with van der Waals surface area (Å²) in [5.41, 5.74) is 4.74. The van der Waals surface area contributed by atoms with Gasteiger partial charge in [0.05, 0.1) is 18.0 Å². The topological polar surface area (TPSA) is 96.4 Å². The van der Waals surface area contributed by atoms with Crippen LogP contribution in [0.4, 0.5) is 4.79 Å². The zero-order valence-electron chi connectivity index (χ0n) is 8.91. The number of nitrogens with two attached hydrogens (primary N) is 1. The highest BCUT2D eigenvalue weighted by atomic mass is 16.7. The molecule has 0 saturated heterocycles. The average Bonchev–Trinajstić information content (AvgIpc) is 2.32. The minimum absolute atomic E-state index is 0.146. The van der Waals surface area contributed by atoms with E-state index in [1.54, 1.807) is 24.3 Å². The van der Waals surface area contributed by atoms with Crippen LogP contribution in [0.5, 0.6) is 6.01 Å². The number of hydrogen-bond acceptors (Lipinski definition) is 5.